The van der Waals surface area contributed by atoms with E-state index in [-0.39, 0.29) is 18.8 Å². The van der Waals surface area contributed by atoms with Crippen molar-refractivity contribution in [1.82, 2.24) is 16.0 Å². The Morgan fingerprint density at radius 3 is 2.10 bits per heavy atom. The van der Waals surface area contributed by atoms with Crippen LogP contribution < -0.4 is 21.7 Å². The molecule has 11 nitrogen and oxygen atoms in total. The largest absolute Gasteiger partial charge is 0.481 e. The van der Waals surface area contributed by atoms with Crippen molar-refractivity contribution in [2.45, 2.75) is 51.2 Å². The van der Waals surface area contributed by atoms with E-state index < -0.39 is 60.8 Å². The molecular weight excluding hydrogens is 404 g/mol. The summed E-state index contributed by atoms with van der Waals surface area (Å²) in [4.78, 5) is 58.1. The third kappa shape index (κ3) is 12.0. The van der Waals surface area contributed by atoms with E-state index in [0.29, 0.717) is 5.75 Å². The predicted octanol–water partition coefficient (Wildman–Crippen LogP) is -1.24. The number of nitrogens with two attached hydrogens (primary N) is 1. The molecule has 0 aliphatic rings. The van der Waals surface area contributed by atoms with Crippen LogP contribution in [-0.2, 0) is 24.0 Å². The molecule has 0 aromatic rings. The van der Waals surface area contributed by atoms with Crippen LogP contribution in [0.5, 0.6) is 0 Å². The fraction of sp³-hybridized carbons (Fsp3) is 0.706. The number of nitrogens with one attached hydrogen (secondary N) is 3. The van der Waals surface area contributed by atoms with Crippen LogP contribution in [0.15, 0.2) is 0 Å². The molecule has 0 aromatic heterocycles. The number of rotatable bonds is 14. The number of carboxylic acids is 2. The van der Waals surface area contributed by atoms with Crippen molar-refractivity contribution >= 4 is 41.4 Å². The second-order valence-electron chi connectivity index (χ2n) is 6.85. The standard InChI is InChI=1S/C17H30N4O7S/c1-9(2)6-12(17(27)28)20-13(22)8-19-16(26)11(4-5-29-3)21-15(25)10(18)7-14(23)24/h9-12H,4-8,18H2,1-3H3,(H,19,26)(H,20,22)(H,21,25)(H,23,24)(H,27,28). The third-order valence-electron chi connectivity index (χ3n) is 3.74. The minimum Gasteiger partial charge on any atom is -0.481 e. The molecule has 0 bridgehead atoms. The summed E-state index contributed by atoms with van der Waals surface area (Å²) in [5.41, 5.74) is 5.49. The summed E-state index contributed by atoms with van der Waals surface area (Å²) >= 11 is 1.43. The normalized spacial score (nSPS) is 13.8. The monoisotopic (exact) mass is 434 g/mol. The van der Waals surface area contributed by atoms with Crippen LogP contribution in [-0.4, -0.2) is 76.6 Å². The van der Waals surface area contributed by atoms with Gasteiger partial charge in [-0.05, 0) is 30.8 Å². The summed E-state index contributed by atoms with van der Waals surface area (Å²) in [5, 5.41) is 24.9. The molecule has 3 unspecified atom stereocenters. The molecular formula is C17H30N4O7S. The van der Waals surface area contributed by atoms with Crippen molar-refractivity contribution in [2.24, 2.45) is 11.7 Å². The average molecular weight is 435 g/mol. The fourth-order valence-electron chi connectivity index (χ4n) is 2.29. The van der Waals surface area contributed by atoms with E-state index in [1.165, 1.54) is 11.8 Å². The highest BCUT2D eigenvalue weighted by Gasteiger charge is 2.26. The summed E-state index contributed by atoms with van der Waals surface area (Å²) < 4.78 is 0. The maximum Gasteiger partial charge on any atom is 0.326 e. The highest BCUT2D eigenvalue weighted by molar-refractivity contribution is 7.98. The van der Waals surface area contributed by atoms with Crippen LogP contribution in [0.4, 0.5) is 0 Å². The maximum absolute atomic E-state index is 12.3. The van der Waals surface area contributed by atoms with Crippen LogP contribution in [0.3, 0.4) is 0 Å². The molecule has 166 valence electrons. The van der Waals surface area contributed by atoms with Gasteiger partial charge in [0.1, 0.15) is 12.1 Å². The zero-order valence-electron chi connectivity index (χ0n) is 16.8. The zero-order valence-corrected chi connectivity index (χ0v) is 17.6. The summed E-state index contributed by atoms with van der Waals surface area (Å²) in [6, 6.07) is -3.39. The Morgan fingerprint density at radius 1 is 1.00 bits per heavy atom. The topological polar surface area (TPSA) is 188 Å². The number of aliphatic carboxylic acids is 2. The third-order valence-corrected chi connectivity index (χ3v) is 4.38. The highest BCUT2D eigenvalue weighted by atomic mass is 32.2. The number of amides is 3. The second kappa shape index (κ2) is 13.8. The van der Waals surface area contributed by atoms with Gasteiger partial charge in [0.25, 0.3) is 0 Å². The lowest BCUT2D eigenvalue weighted by Gasteiger charge is -2.20. The van der Waals surface area contributed by atoms with Crippen molar-refractivity contribution < 1.29 is 34.2 Å². The van der Waals surface area contributed by atoms with Gasteiger partial charge in [-0.1, -0.05) is 13.8 Å². The molecule has 7 N–H and O–H groups in total. The fourth-order valence-corrected chi connectivity index (χ4v) is 2.76. The molecule has 0 saturated carbocycles. The van der Waals surface area contributed by atoms with E-state index in [1.807, 2.05) is 13.8 Å². The molecule has 0 aliphatic heterocycles. The molecule has 12 heteroatoms. The lowest BCUT2D eigenvalue weighted by atomic mass is 10.0. The van der Waals surface area contributed by atoms with Crippen molar-refractivity contribution in [3.05, 3.63) is 0 Å². The maximum atomic E-state index is 12.3. The van der Waals surface area contributed by atoms with Crippen molar-refractivity contribution in [1.29, 1.82) is 0 Å². The summed E-state index contributed by atoms with van der Waals surface area (Å²) in [6.07, 6.45) is 1.70. The minimum atomic E-state index is -1.31. The van der Waals surface area contributed by atoms with Gasteiger partial charge in [-0.2, -0.15) is 11.8 Å². The van der Waals surface area contributed by atoms with Gasteiger partial charge in [-0.3, -0.25) is 19.2 Å². The predicted molar refractivity (Wildman–Crippen MR) is 107 cm³/mol. The molecule has 3 amide bonds. The summed E-state index contributed by atoms with van der Waals surface area (Å²) in [5.74, 6) is -3.97. The highest BCUT2D eigenvalue weighted by Crippen LogP contribution is 2.05. The lowest BCUT2D eigenvalue weighted by molar-refractivity contribution is -0.142. The van der Waals surface area contributed by atoms with E-state index in [9.17, 15) is 24.0 Å². The average Bonchev–Trinajstić information content (AvgIpc) is 2.61. The number of thioether (sulfide) groups is 1. The van der Waals surface area contributed by atoms with Crippen LogP contribution in [0.25, 0.3) is 0 Å². The molecule has 0 heterocycles. The quantitative estimate of drug-likeness (QED) is 0.194. The Kier molecular flexibility index (Phi) is 12.7. The van der Waals surface area contributed by atoms with E-state index >= 15 is 0 Å². The Hall–Kier alpha value is -2.34. The van der Waals surface area contributed by atoms with Gasteiger partial charge in [0.05, 0.1) is 19.0 Å². The van der Waals surface area contributed by atoms with Gasteiger partial charge in [0.2, 0.25) is 17.7 Å². The number of carbonyl (C=O) groups excluding carboxylic acids is 3. The first-order valence-corrected chi connectivity index (χ1v) is 10.4. The smallest absolute Gasteiger partial charge is 0.326 e. The molecule has 0 aliphatic carbocycles. The lowest BCUT2D eigenvalue weighted by Crippen LogP contribution is -2.54. The first-order valence-electron chi connectivity index (χ1n) is 9.04. The Balaban J connectivity index is 4.80. The van der Waals surface area contributed by atoms with E-state index in [1.54, 1.807) is 6.26 Å². The second-order valence-corrected chi connectivity index (χ2v) is 7.84. The van der Waals surface area contributed by atoms with Gasteiger partial charge in [0.15, 0.2) is 0 Å². The Labute approximate surface area is 173 Å². The number of carbonyl (C=O) groups is 5. The van der Waals surface area contributed by atoms with Crippen molar-refractivity contribution in [3.8, 4) is 0 Å². The van der Waals surface area contributed by atoms with Crippen LogP contribution >= 0.6 is 11.8 Å². The summed E-state index contributed by atoms with van der Waals surface area (Å²) in [6.45, 7) is 3.17. The van der Waals surface area contributed by atoms with Gasteiger partial charge in [-0.15, -0.1) is 0 Å². The molecule has 0 aromatic carbocycles. The molecule has 29 heavy (non-hydrogen) atoms. The Bertz CT molecular complexity index is 600. The zero-order chi connectivity index (χ0) is 22.6. The van der Waals surface area contributed by atoms with E-state index in [0.717, 1.165) is 0 Å². The first kappa shape index (κ1) is 26.7. The van der Waals surface area contributed by atoms with Gasteiger partial charge in [-0.25, -0.2) is 4.79 Å². The molecule has 0 fully saturated rings. The van der Waals surface area contributed by atoms with E-state index in [4.69, 9.17) is 15.9 Å². The van der Waals surface area contributed by atoms with Crippen molar-refractivity contribution in [2.75, 3.05) is 18.6 Å². The number of hydrogen-bond donors (Lipinski definition) is 6. The van der Waals surface area contributed by atoms with E-state index in [2.05, 4.69) is 16.0 Å². The van der Waals surface area contributed by atoms with Crippen LogP contribution in [0.1, 0.15) is 33.1 Å². The van der Waals surface area contributed by atoms with Gasteiger partial charge in [0, 0.05) is 0 Å². The first-order chi connectivity index (χ1) is 13.5. The minimum absolute atomic E-state index is 0.0483. The number of hydrogen-bond acceptors (Lipinski definition) is 7. The van der Waals surface area contributed by atoms with Crippen molar-refractivity contribution in [3.63, 3.8) is 0 Å². The molecule has 0 radical (unpaired) electrons. The van der Waals surface area contributed by atoms with Crippen LogP contribution in [0.2, 0.25) is 0 Å². The van der Waals surface area contributed by atoms with Crippen LogP contribution in [0, 0.1) is 5.92 Å². The number of carboxylic acid groups (broad SMARTS) is 2. The van der Waals surface area contributed by atoms with Gasteiger partial charge >= 0.3 is 11.9 Å². The van der Waals surface area contributed by atoms with Gasteiger partial charge < -0.3 is 31.9 Å². The summed E-state index contributed by atoms with van der Waals surface area (Å²) in [7, 11) is 0. The Morgan fingerprint density at radius 2 is 1.62 bits per heavy atom. The SMILES string of the molecule is CSCCC(NC(=O)C(N)CC(=O)O)C(=O)NCC(=O)NC(CC(C)C)C(=O)O. The molecule has 3 atom stereocenters. The molecule has 0 spiro atoms. The molecule has 0 saturated heterocycles. The molecule has 0 rings (SSSR count).